The summed E-state index contributed by atoms with van der Waals surface area (Å²) in [5.74, 6) is -0.420. The van der Waals surface area contributed by atoms with Gasteiger partial charge in [0.05, 0.1) is 17.8 Å². The molecular formula is C19H20N2O3S. The van der Waals surface area contributed by atoms with E-state index in [1.54, 1.807) is 6.92 Å². The number of ether oxygens (including phenoxy) is 1. The molecule has 0 saturated heterocycles. The smallest absolute Gasteiger partial charge is 0.329 e. The molecule has 0 aliphatic carbocycles. The number of nitrogens with zero attached hydrogens (tertiary/aromatic N) is 2. The van der Waals surface area contributed by atoms with Crippen LogP contribution in [-0.4, -0.2) is 21.6 Å². The SMILES string of the molecule is CC[C@@H](C)OC(=O)[C@@H](C)n1cnc2sc(-c3ccccc3)cc2c1=O. The maximum absolute atomic E-state index is 12.8. The van der Waals surface area contributed by atoms with Crippen LogP contribution in [0.15, 0.2) is 47.5 Å². The maximum Gasteiger partial charge on any atom is 0.329 e. The molecule has 0 bridgehead atoms. The first-order chi connectivity index (χ1) is 12.0. The van der Waals surface area contributed by atoms with Crippen molar-refractivity contribution in [3.8, 4) is 10.4 Å². The lowest BCUT2D eigenvalue weighted by molar-refractivity contribution is -0.152. The van der Waals surface area contributed by atoms with Crippen LogP contribution in [0.3, 0.4) is 0 Å². The first-order valence-corrected chi connectivity index (χ1v) is 9.09. The topological polar surface area (TPSA) is 61.2 Å². The molecule has 2 heterocycles. The number of aromatic nitrogens is 2. The molecule has 0 aliphatic rings. The van der Waals surface area contributed by atoms with Gasteiger partial charge in [-0.05, 0) is 31.9 Å². The van der Waals surface area contributed by atoms with Crippen molar-refractivity contribution >= 4 is 27.5 Å². The van der Waals surface area contributed by atoms with Crippen molar-refractivity contribution in [2.24, 2.45) is 0 Å². The number of carbonyl (C=O) groups excluding carboxylic acids is 1. The molecule has 3 rings (SSSR count). The van der Waals surface area contributed by atoms with Gasteiger partial charge in [-0.2, -0.15) is 0 Å². The highest BCUT2D eigenvalue weighted by atomic mass is 32.1. The van der Waals surface area contributed by atoms with Gasteiger partial charge in [0.2, 0.25) is 0 Å². The Balaban J connectivity index is 1.97. The van der Waals surface area contributed by atoms with Gasteiger partial charge < -0.3 is 4.74 Å². The Bertz CT molecular complexity index is 946. The van der Waals surface area contributed by atoms with Crippen LogP contribution in [0.4, 0.5) is 0 Å². The van der Waals surface area contributed by atoms with Gasteiger partial charge in [-0.15, -0.1) is 11.3 Å². The van der Waals surface area contributed by atoms with E-state index in [9.17, 15) is 9.59 Å². The van der Waals surface area contributed by atoms with Gasteiger partial charge in [0.25, 0.3) is 5.56 Å². The van der Waals surface area contributed by atoms with Crippen LogP contribution < -0.4 is 5.56 Å². The lowest BCUT2D eigenvalue weighted by Gasteiger charge is -2.17. The summed E-state index contributed by atoms with van der Waals surface area (Å²) in [5, 5.41) is 0.523. The van der Waals surface area contributed by atoms with Crippen molar-refractivity contribution in [1.29, 1.82) is 0 Å². The van der Waals surface area contributed by atoms with Crippen LogP contribution in [0.1, 0.15) is 33.2 Å². The van der Waals surface area contributed by atoms with E-state index in [1.165, 1.54) is 22.2 Å². The van der Waals surface area contributed by atoms with Crippen molar-refractivity contribution < 1.29 is 9.53 Å². The summed E-state index contributed by atoms with van der Waals surface area (Å²) in [6.07, 6.45) is 1.99. The van der Waals surface area contributed by atoms with Gasteiger partial charge in [-0.3, -0.25) is 9.36 Å². The summed E-state index contributed by atoms with van der Waals surface area (Å²) in [7, 11) is 0. The van der Waals surface area contributed by atoms with Crippen molar-refractivity contribution in [3.63, 3.8) is 0 Å². The Morgan fingerprint density at radius 1 is 1.28 bits per heavy atom. The summed E-state index contributed by atoms with van der Waals surface area (Å²) in [4.78, 5) is 31.0. The molecule has 0 amide bonds. The molecule has 5 nitrogen and oxygen atoms in total. The quantitative estimate of drug-likeness (QED) is 0.648. The standard InChI is InChI=1S/C19H20N2O3S/c1-4-12(2)24-19(23)13(3)21-11-20-17-15(18(21)22)10-16(25-17)14-8-6-5-7-9-14/h5-13H,4H2,1-3H3/t12-,13-/m1/s1. The van der Waals surface area contributed by atoms with Gasteiger partial charge in [0.15, 0.2) is 0 Å². The number of rotatable bonds is 5. The highest BCUT2D eigenvalue weighted by molar-refractivity contribution is 7.21. The maximum atomic E-state index is 12.8. The van der Waals surface area contributed by atoms with E-state index in [0.29, 0.717) is 10.2 Å². The first kappa shape index (κ1) is 17.4. The lowest BCUT2D eigenvalue weighted by atomic mass is 10.2. The van der Waals surface area contributed by atoms with Gasteiger partial charge in [-0.25, -0.2) is 9.78 Å². The zero-order valence-electron chi connectivity index (χ0n) is 14.4. The first-order valence-electron chi connectivity index (χ1n) is 8.27. The Hall–Kier alpha value is -2.47. The second kappa shape index (κ2) is 7.19. The highest BCUT2D eigenvalue weighted by Gasteiger charge is 2.21. The minimum Gasteiger partial charge on any atom is -0.461 e. The number of hydrogen-bond donors (Lipinski definition) is 0. The molecule has 2 aromatic heterocycles. The van der Waals surface area contributed by atoms with Gasteiger partial charge in [-0.1, -0.05) is 37.3 Å². The van der Waals surface area contributed by atoms with Crippen LogP contribution in [0.25, 0.3) is 20.7 Å². The van der Waals surface area contributed by atoms with Crippen molar-refractivity contribution in [3.05, 3.63) is 53.1 Å². The number of hydrogen-bond acceptors (Lipinski definition) is 5. The van der Waals surface area contributed by atoms with Crippen molar-refractivity contribution in [1.82, 2.24) is 9.55 Å². The predicted octanol–water partition coefficient (Wildman–Crippen LogP) is 4.03. The van der Waals surface area contributed by atoms with Gasteiger partial charge in [0, 0.05) is 4.88 Å². The fourth-order valence-corrected chi connectivity index (χ4v) is 3.45. The largest absolute Gasteiger partial charge is 0.461 e. The normalized spacial score (nSPS) is 13.6. The second-order valence-electron chi connectivity index (χ2n) is 5.98. The molecule has 0 spiro atoms. The molecule has 0 saturated carbocycles. The number of benzene rings is 1. The third kappa shape index (κ3) is 3.49. The third-order valence-corrected chi connectivity index (χ3v) is 5.28. The van der Waals surface area contributed by atoms with Crippen LogP contribution in [0.2, 0.25) is 0 Å². The van der Waals surface area contributed by atoms with Gasteiger partial charge >= 0.3 is 5.97 Å². The number of fused-ring (bicyclic) bond motifs is 1. The average molecular weight is 356 g/mol. The summed E-state index contributed by atoms with van der Waals surface area (Å²) in [6, 6.07) is 11.0. The van der Waals surface area contributed by atoms with Crippen LogP contribution in [0, 0.1) is 0 Å². The zero-order chi connectivity index (χ0) is 18.0. The molecule has 0 fully saturated rings. The van der Waals surface area contributed by atoms with E-state index >= 15 is 0 Å². The molecule has 1 aromatic carbocycles. The minimum atomic E-state index is -0.710. The molecule has 0 aliphatic heterocycles. The van der Waals surface area contributed by atoms with E-state index in [-0.39, 0.29) is 11.7 Å². The van der Waals surface area contributed by atoms with Gasteiger partial charge in [0.1, 0.15) is 10.9 Å². The highest BCUT2D eigenvalue weighted by Crippen LogP contribution is 2.30. The minimum absolute atomic E-state index is 0.173. The Labute approximate surface area is 149 Å². The summed E-state index contributed by atoms with van der Waals surface area (Å²) >= 11 is 1.47. The monoisotopic (exact) mass is 356 g/mol. The zero-order valence-corrected chi connectivity index (χ0v) is 15.2. The van der Waals surface area contributed by atoms with E-state index < -0.39 is 12.0 Å². The Kier molecular flexibility index (Phi) is 4.99. The molecular weight excluding hydrogens is 336 g/mol. The lowest BCUT2D eigenvalue weighted by Crippen LogP contribution is -2.30. The van der Waals surface area contributed by atoms with E-state index in [1.807, 2.05) is 50.2 Å². The molecule has 3 aromatic rings. The van der Waals surface area contributed by atoms with Crippen LogP contribution in [-0.2, 0) is 9.53 Å². The molecule has 25 heavy (non-hydrogen) atoms. The molecule has 6 heteroatoms. The number of carbonyl (C=O) groups is 1. The average Bonchev–Trinajstić information content (AvgIpc) is 3.07. The number of thiophene rings is 1. The Morgan fingerprint density at radius 2 is 2.00 bits per heavy atom. The summed E-state index contributed by atoms with van der Waals surface area (Å²) < 4.78 is 6.68. The Morgan fingerprint density at radius 3 is 2.68 bits per heavy atom. The van der Waals surface area contributed by atoms with Crippen molar-refractivity contribution in [2.75, 3.05) is 0 Å². The van der Waals surface area contributed by atoms with Crippen molar-refractivity contribution in [2.45, 2.75) is 39.3 Å². The van der Waals surface area contributed by atoms with E-state index in [4.69, 9.17) is 4.74 Å². The molecule has 130 valence electrons. The molecule has 0 unspecified atom stereocenters. The fourth-order valence-electron chi connectivity index (χ4n) is 2.45. The molecule has 0 radical (unpaired) electrons. The van der Waals surface area contributed by atoms with E-state index in [2.05, 4.69) is 4.98 Å². The summed E-state index contributed by atoms with van der Waals surface area (Å²) in [5.41, 5.74) is 0.817. The third-order valence-electron chi connectivity index (χ3n) is 4.19. The molecule has 2 atom stereocenters. The second-order valence-corrected chi connectivity index (χ2v) is 7.01. The van der Waals surface area contributed by atoms with E-state index in [0.717, 1.165) is 16.9 Å². The fraction of sp³-hybridized carbons (Fsp3) is 0.316. The predicted molar refractivity (Wildman–Crippen MR) is 99.9 cm³/mol. The molecule has 0 N–H and O–H groups in total. The van der Waals surface area contributed by atoms with Crippen LogP contribution in [0.5, 0.6) is 0 Å². The van der Waals surface area contributed by atoms with Crippen LogP contribution >= 0.6 is 11.3 Å². The number of esters is 1. The summed E-state index contributed by atoms with van der Waals surface area (Å²) in [6.45, 7) is 5.43.